The summed E-state index contributed by atoms with van der Waals surface area (Å²) in [4.78, 5) is 43.0. The molecule has 0 radical (unpaired) electrons. The molecule has 1 aromatic heterocycles. The van der Waals surface area contributed by atoms with Crippen molar-refractivity contribution in [1.82, 2.24) is 20.5 Å². The maximum Gasteiger partial charge on any atom is 0.271 e. The number of carbonyl (C=O) groups excluding carboxylic acids is 3. The van der Waals surface area contributed by atoms with Gasteiger partial charge in [0.2, 0.25) is 5.91 Å². The van der Waals surface area contributed by atoms with Gasteiger partial charge in [-0.1, -0.05) is 30.3 Å². The fourth-order valence-corrected chi connectivity index (χ4v) is 4.58. The molecule has 4 rings (SSSR count). The van der Waals surface area contributed by atoms with E-state index >= 15 is 0 Å². The standard InChI is InChI=1S/C22H22N4O3S/c1-23-19(27)12-24-20(28)17-13-30-21(25-17)18-7-4-10-26(18)22(29)16-9-8-14-5-2-3-6-15(14)11-16/h2-3,5-6,8-9,11,13,18H,4,7,10,12H2,1H3,(H,23,27)(H,24,28). The Morgan fingerprint density at radius 1 is 1.17 bits per heavy atom. The van der Waals surface area contributed by atoms with Gasteiger partial charge in [-0.2, -0.15) is 0 Å². The first-order valence-corrected chi connectivity index (χ1v) is 10.7. The lowest BCUT2D eigenvalue weighted by molar-refractivity contribution is -0.119. The number of amides is 3. The maximum atomic E-state index is 13.2. The second-order valence-electron chi connectivity index (χ2n) is 7.15. The van der Waals surface area contributed by atoms with E-state index in [4.69, 9.17) is 0 Å². The van der Waals surface area contributed by atoms with Crippen LogP contribution in [-0.2, 0) is 4.79 Å². The number of aromatic nitrogens is 1. The molecule has 3 amide bonds. The summed E-state index contributed by atoms with van der Waals surface area (Å²) in [5, 5.41) is 9.54. The lowest BCUT2D eigenvalue weighted by atomic mass is 10.1. The zero-order valence-corrected chi connectivity index (χ0v) is 17.4. The molecule has 2 heterocycles. The Labute approximate surface area is 178 Å². The number of rotatable bonds is 5. The normalized spacial score (nSPS) is 15.9. The van der Waals surface area contributed by atoms with E-state index in [2.05, 4.69) is 15.6 Å². The van der Waals surface area contributed by atoms with E-state index in [0.29, 0.717) is 12.1 Å². The first-order chi connectivity index (χ1) is 14.6. The minimum atomic E-state index is -0.397. The minimum Gasteiger partial charge on any atom is -0.358 e. The van der Waals surface area contributed by atoms with E-state index in [9.17, 15) is 14.4 Å². The smallest absolute Gasteiger partial charge is 0.271 e. The van der Waals surface area contributed by atoms with Gasteiger partial charge in [-0.3, -0.25) is 14.4 Å². The van der Waals surface area contributed by atoms with Crippen LogP contribution in [0.3, 0.4) is 0 Å². The van der Waals surface area contributed by atoms with Crippen LogP contribution in [0.5, 0.6) is 0 Å². The highest BCUT2D eigenvalue weighted by Crippen LogP contribution is 2.35. The number of hydrogen-bond donors (Lipinski definition) is 2. The van der Waals surface area contributed by atoms with Crippen LogP contribution in [0.25, 0.3) is 10.8 Å². The van der Waals surface area contributed by atoms with Crippen LogP contribution >= 0.6 is 11.3 Å². The first-order valence-electron chi connectivity index (χ1n) is 9.81. The third kappa shape index (κ3) is 4.04. The zero-order valence-electron chi connectivity index (χ0n) is 16.6. The van der Waals surface area contributed by atoms with Crippen molar-refractivity contribution in [2.24, 2.45) is 0 Å². The molecule has 1 unspecified atom stereocenters. The molecule has 1 atom stereocenters. The van der Waals surface area contributed by atoms with Gasteiger partial charge in [0.15, 0.2) is 0 Å². The summed E-state index contributed by atoms with van der Waals surface area (Å²) in [5.41, 5.74) is 0.921. The molecule has 0 aliphatic carbocycles. The summed E-state index contributed by atoms with van der Waals surface area (Å²) in [6.07, 6.45) is 1.70. The summed E-state index contributed by atoms with van der Waals surface area (Å²) < 4.78 is 0. The Morgan fingerprint density at radius 2 is 1.97 bits per heavy atom. The predicted octanol–water partition coefficient (Wildman–Crippen LogP) is 2.75. The van der Waals surface area contributed by atoms with Crippen molar-refractivity contribution in [3.05, 3.63) is 64.1 Å². The van der Waals surface area contributed by atoms with Crippen molar-refractivity contribution in [3.63, 3.8) is 0 Å². The summed E-state index contributed by atoms with van der Waals surface area (Å²) in [7, 11) is 1.51. The van der Waals surface area contributed by atoms with Crippen molar-refractivity contribution in [2.45, 2.75) is 18.9 Å². The lowest BCUT2D eigenvalue weighted by Gasteiger charge is -2.23. The van der Waals surface area contributed by atoms with Crippen molar-refractivity contribution < 1.29 is 14.4 Å². The van der Waals surface area contributed by atoms with Gasteiger partial charge in [0.05, 0.1) is 12.6 Å². The van der Waals surface area contributed by atoms with E-state index in [1.807, 2.05) is 47.4 Å². The van der Waals surface area contributed by atoms with E-state index in [1.54, 1.807) is 5.38 Å². The Morgan fingerprint density at radius 3 is 2.77 bits per heavy atom. The molecule has 154 valence electrons. The highest BCUT2D eigenvalue weighted by atomic mass is 32.1. The third-order valence-electron chi connectivity index (χ3n) is 5.24. The van der Waals surface area contributed by atoms with Gasteiger partial charge in [-0.15, -0.1) is 11.3 Å². The quantitative estimate of drug-likeness (QED) is 0.661. The number of hydrogen-bond acceptors (Lipinski definition) is 5. The van der Waals surface area contributed by atoms with Gasteiger partial charge in [-0.05, 0) is 35.7 Å². The van der Waals surface area contributed by atoms with Crippen molar-refractivity contribution in [1.29, 1.82) is 0 Å². The maximum absolute atomic E-state index is 13.2. The molecule has 0 saturated carbocycles. The van der Waals surface area contributed by atoms with Crippen LogP contribution in [0.1, 0.15) is 44.7 Å². The number of likely N-dealkylation sites (N-methyl/N-ethyl adjacent to an activating group) is 1. The van der Waals surface area contributed by atoms with Crippen LogP contribution in [0.2, 0.25) is 0 Å². The number of nitrogens with one attached hydrogen (secondary N) is 2. The molecule has 2 N–H and O–H groups in total. The summed E-state index contributed by atoms with van der Waals surface area (Å²) in [5.74, 6) is -0.697. The van der Waals surface area contributed by atoms with Gasteiger partial charge >= 0.3 is 0 Å². The van der Waals surface area contributed by atoms with Crippen LogP contribution in [0.15, 0.2) is 47.8 Å². The minimum absolute atomic E-state index is 0.0240. The van der Waals surface area contributed by atoms with Gasteiger partial charge in [-0.25, -0.2) is 4.98 Å². The van der Waals surface area contributed by atoms with Gasteiger partial charge in [0, 0.05) is 24.5 Å². The molecule has 30 heavy (non-hydrogen) atoms. The van der Waals surface area contributed by atoms with Crippen molar-refractivity contribution in [2.75, 3.05) is 20.1 Å². The largest absolute Gasteiger partial charge is 0.358 e. The Balaban J connectivity index is 1.50. The number of thiazole rings is 1. The number of benzene rings is 2. The van der Waals surface area contributed by atoms with Gasteiger partial charge < -0.3 is 15.5 Å². The summed E-state index contributed by atoms with van der Waals surface area (Å²) >= 11 is 1.37. The fraction of sp³-hybridized carbons (Fsp3) is 0.273. The number of fused-ring (bicyclic) bond motifs is 1. The number of nitrogens with zero attached hydrogens (tertiary/aromatic N) is 2. The number of carbonyl (C=O) groups is 3. The SMILES string of the molecule is CNC(=O)CNC(=O)c1csc(C2CCCN2C(=O)c2ccc3ccccc3c2)n1. The monoisotopic (exact) mass is 422 g/mol. The molecule has 1 aliphatic heterocycles. The van der Waals surface area contributed by atoms with Crippen molar-refractivity contribution >= 4 is 39.8 Å². The summed E-state index contributed by atoms with van der Waals surface area (Å²) in [6, 6.07) is 13.6. The molecule has 3 aromatic rings. The van der Waals surface area contributed by atoms with Crippen LogP contribution in [0, 0.1) is 0 Å². The van der Waals surface area contributed by atoms with E-state index in [1.165, 1.54) is 18.4 Å². The van der Waals surface area contributed by atoms with Gasteiger partial charge in [0.1, 0.15) is 10.7 Å². The Kier molecular flexibility index (Phi) is 5.76. The Hall–Kier alpha value is -3.26. The van der Waals surface area contributed by atoms with E-state index in [-0.39, 0.29) is 30.1 Å². The first kappa shape index (κ1) is 20.0. The molecule has 2 aromatic carbocycles. The Bertz CT molecular complexity index is 1110. The highest BCUT2D eigenvalue weighted by Gasteiger charge is 2.33. The number of likely N-dealkylation sites (tertiary alicyclic amines) is 1. The zero-order chi connectivity index (χ0) is 21.1. The van der Waals surface area contributed by atoms with Crippen LogP contribution in [-0.4, -0.2) is 47.7 Å². The average Bonchev–Trinajstić information content (AvgIpc) is 3.45. The molecular weight excluding hydrogens is 400 g/mol. The molecule has 8 heteroatoms. The molecule has 0 spiro atoms. The molecule has 1 fully saturated rings. The molecular formula is C22H22N4O3S. The lowest BCUT2D eigenvalue weighted by Crippen LogP contribution is -2.35. The van der Waals surface area contributed by atoms with E-state index in [0.717, 1.165) is 28.6 Å². The molecule has 1 saturated heterocycles. The second kappa shape index (κ2) is 8.62. The van der Waals surface area contributed by atoms with Crippen LogP contribution in [0.4, 0.5) is 0 Å². The van der Waals surface area contributed by atoms with Crippen molar-refractivity contribution in [3.8, 4) is 0 Å². The average molecular weight is 423 g/mol. The third-order valence-corrected chi connectivity index (χ3v) is 6.18. The highest BCUT2D eigenvalue weighted by molar-refractivity contribution is 7.09. The molecule has 7 nitrogen and oxygen atoms in total. The second-order valence-corrected chi connectivity index (χ2v) is 8.04. The summed E-state index contributed by atoms with van der Waals surface area (Å²) in [6.45, 7) is 0.562. The predicted molar refractivity (Wildman–Crippen MR) is 115 cm³/mol. The fourth-order valence-electron chi connectivity index (χ4n) is 3.64. The topological polar surface area (TPSA) is 91.4 Å². The molecule has 1 aliphatic rings. The van der Waals surface area contributed by atoms with Crippen LogP contribution < -0.4 is 10.6 Å². The molecule has 0 bridgehead atoms. The van der Waals surface area contributed by atoms with Gasteiger partial charge in [0.25, 0.3) is 11.8 Å². The van der Waals surface area contributed by atoms with E-state index < -0.39 is 5.91 Å².